The molecule has 0 atom stereocenters. The molecule has 1 aromatic carbocycles. The number of nitrogens with zero attached hydrogens (tertiary/aromatic N) is 2. The van der Waals surface area contributed by atoms with Crippen molar-refractivity contribution in [2.75, 3.05) is 32.5 Å². The third-order valence-corrected chi connectivity index (χ3v) is 4.04. The SMILES string of the molecule is Cc1cccc(C)c1NC(=O)c1ccnc(C(=O)NCCCN(C)C)c1. The first-order chi connectivity index (χ1) is 12.4. The molecule has 1 aromatic heterocycles. The van der Waals surface area contributed by atoms with Crippen molar-refractivity contribution < 1.29 is 9.59 Å². The Morgan fingerprint density at radius 1 is 1.08 bits per heavy atom. The van der Waals surface area contributed by atoms with E-state index in [9.17, 15) is 9.59 Å². The fourth-order valence-electron chi connectivity index (χ4n) is 2.58. The molecule has 6 nitrogen and oxygen atoms in total. The Balaban J connectivity index is 2.03. The molecule has 2 rings (SSSR count). The fourth-order valence-corrected chi connectivity index (χ4v) is 2.58. The Hall–Kier alpha value is -2.73. The summed E-state index contributed by atoms with van der Waals surface area (Å²) in [5.41, 5.74) is 3.42. The average Bonchev–Trinajstić information content (AvgIpc) is 2.61. The molecule has 0 bridgehead atoms. The smallest absolute Gasteiger partial charge is 0.269 e. The second kappa shape index (κ2) is 9.10. The molecule has 138 valence electrons. The molecule has 0 saturated heterocycles. The Bertz CT molecular complexity index is 767. The number of nitrogens with one attached hydrogen (secondary N) is 2. The van der Waals surface area contributed by atoms with Crippen LogP contribution in [0.25, 0.3) is 0 Å². The molecule has 6 heteroatoms. The molecule has 0 spiro atoms. The topological polar surface area (TPSA) is 74.3 Å². The molecular weight excluding hydrogens is 328 g/mol. The van der Waals surface area contributed by atoms with Crippen LogP contribution in [0.2, 0.25) is 0 Å². The summed E-state index contributed by atoms with van der Waals surface area (Å²) in [6, 6.07) is 8.96. The number of pyridine rings is 1. The Morgan fingerprint density at radius 3 is 2.42 bits per heavy atom. The highest BCUT2D eigenvalue weighted by Gasteiger charge is 2.13. The number of benzene rings is 1. The third kappa shape index (κ3) is 5.39. The molecule has 0 fully saturated rings. The second-order valence-electron chi connectivity index (χ2n) is 6.56. The number of aryl methyl sites for hydroxylation is 2. The van der Waals surface area contributed by atoms with Crippen LogP contribution in [0.15, 0.2) is 36.5 Å². The summed E-state index contributed by atoms with van der Waals surface area (Å²) in [5, 5.41) is 5.75. The molecule has 2 aromatic rings. The van der Waals surface area contributed by atoms with Gasteiger partial charge in [-0.25, -0.2) is 0 Å². The minimum Gasteiger partial charge on any atom is -0.351 e. The molecule has 2 amide bonds. The highest BCUT2D eigenvalue weighted by Crippen LogP contribution is 2.20. The normalized spacial score (nSPS) is 10.7. The van der Waals surface area contributed by atoms with E-state index < -0.39 is 0 Å². The number of hydrogen-bond donors (Lipinski definition) is 2. The van der Waals surface area contributed by atoms with Crippen LogP contribution in [-0.4, -0.2) is 48.9 Å². The summed E-state index contributed by atoms with van der Waals surface area (Å²) >= 11 is 0. The number of carbonyl (C=O) groups excluding carboxylic acids is 2. The van der Waals surface area contributed by atoms with Crippen molar-refractivity contribution >= 4 is 17.5 Å². The maximum Gasteiger partial charge on any atom is 0.269 e. The minimum absolute atomic E-state index is 0.240. The predicted octanol–water partition coefficient (Wildman–Crippen LogP) is 2.63. The van der Waals surface area contributed by atoms with Crippen molar-refractivity contribution in [2.24, 2.45) is 0 Å². The van der Waals surface area contributed by atoms with Crippen LogP contribution < -0.4 is 10.6 Å². The number of carbonyl (C=O) groups is 2. The average molecular weight is 354 g/mol. The lowest BCUT2D eigenvalue weighted by molar-refractivity contribution is 0.0947. The molecule has 0 unspecified atom stereocenters. The third-order valence-electron chi connectivity index (χ3n) is 4.04. The van der Waals surface area contributed by atoms with E-state index in [1.54, 1.807) is 6.07 Å². The molecule has 0 saturated carbocycles. The Kier molecular flexibility index (Phi) is 6.86. The Labute approximate surface area is 154 Å². The van der Waals surface area contributed by atoms with E-state index in [0.717, 1.165) is 29.8 Å². The van der Waals surface area contributed by atoms with Crippen molar-refractivity contribution in [3.8, 4) is 0 Å². The van der Waals surface area contributed by atoms with Crippen LogP contribution in [0.4, 0.5) is 5.69 Å². The number of amides is 2. The summed E-state index contributed by atoms with van der Waals surface area (Å²) in [5.74, 6) is -0.531. The van der Waals surface area contributed by atoms with Gasteiger partial charge in [-0.1, -0.05) is 18.2 Å². The van der Waals surface area contributed by atoms with Gasteiger partial charge < -0.3 is 15.5 Å². The number of hydrogen-bond acceptors (Lipinski definition) is 4. The summed E-state index contributed by atoms with van der Waals surface area (Å²) in [6.07, 6.45) is 2.33. The first-order valence-electron chi connectivity index (χ1n) is 8.65. The summed E-state index contributed by atoms with van der Waals surface area (Å²) in [7, 11) is 3.98. The van der Waals surface area contributed by atoms with Crippen LogP contribution in [0.1, 0.15) is 38.4 Å². The largest absolute Gasteiger partial charge is 0.351 e. The Morgan fingerprint density at radius 2 is 1.77 bits per heavy atom. The van der Waals surface area contributed by atoms with Gasteiger partial charge in [-0.2, -0.15) is 0 Å². The van der Waals surface area contributed by atoms with Gasteiger partial charge in [0.15, 0.2) is 0 Å². The summed E-state index contributed by atoms with van der Waals surface area (Å²) < 4.78 is 0. The molecular formula is C20H26N4O2. The standard InChI is InChI=1S/C20H26N4O2/c1-14-7-5-8-15(2)18(14)23-19(25)16-9-11-21-17(13-16)20(26)22-10-6-12-24(3)4/h5,7-9,11,13H,6,10,12H2,1-4H3,(H,22,26)(H,23,25). The fraction of sp³-hybridized carbons (Fsp3) is 0.350. The van der Waals surface area contributed by atoms with Crippen LogP contribution in [0.3, 0.4) is 0 Å². The van der Waals surface area contributed by atoms with Crippen LogP contribution >= 0.6 is 0 Å². The number of aromatic nitrogens is 1. The van der Waals surface area contributed by atoms with E-state index in [2.05, 4.69) is 20.5 Å². The zero-order valence-corrected chi connectivity index (χ0v) is 15.8. The van der Waals surface area contributed by atoms with E-state index in [4.69, 9.17) is 0 Å². The van der Waals surface area contributed by atoms with Crippen LogP contribution in [-0.2, 0) is 0 Å². The van der Waals surface area contributed by atoms with E-state index >= 15 is 0 Å². The molecule has 2 N–H and O–H groups in total. The van der Waals surface area contributed by atoms with E-state index in [0.29, 0.717) is 12.1 Å². The van der Waals surface area contributed by atoms with Gasteiger partial charge in [-0.3, -0.25) is 14.6 Å². The molecule has 1 heterocycles. The maximum atomic E-state index is 12.6. The maximum absolute atomic E-state index is 12.6. The quantitative estimate of drug-likeness (QED) is 0.750. The van der Waals surface area contributed by atoms with Gasteiger partial charge in [-0.15, -0.1) is 0 Å². The molecule has 0 radical (unpaired) electrons. The monoisotopic (exact) mass is 354 g/mol. The van der Waals surface area contributed by atoms with Crippen LogP contribution in [0, 0.1) is 13.8 Å². The van der Waals surface area contributed by atoms with Gasteiger partial charge in [0.05, 0.1) is 0 Å². The van der Waals surface area contributed by atoms with Gasteiger partial charge >= 0.3 is 0 Å². The van der Waals surface area contributed by atoms with Gasteiger partial charge in [0.2, 0.25) is 0 Å². The van der Waals surface area contributed by atoms with Gasteiger partial charge in [0, 0.05) is 24.0 Å². The van der Waals surface area contributed by atoms with Gasteiger partial charge in [0.1, 0.15) is 5.69 Å². The summed E-state index contributed by atoms with van der Waals surface area (Å²) in [4.78, 5) is 30.9. The first kappa shape index (κ1) is 19.6. The lowest BCUT2D eigenvalue weighted by atomic mass is 10.1. The van der Waals surface area contributed by atoms with E-state index in [1.165, 1.54) is 12.3 Å². The van der Waals surface area contributed by atoms with E-state index in [-0.39, 0.29) is 17.5 Å². The molecule has 26 heavy (non-hydrogen) atoms. The van der Waals surface area contributed by atoms with E-state index in [1.807, 2.05) is 46.1 Å². The zero-order chi connectivity index (χ0) is 19.1. The molecule has 0 aliphatic heterocycles. The van der Waals surface area contributed by atoms with Crippen molar-refractivity contribution in [1.82, 2.24) is 15.2 Å². The molecule has 0 aliphatic carbocycles. The van der Waals surface area contributed by atoms with Crippen molar-refractivity contribution in [2.45, 2.75) is 20.3 Å². The van der Waals surface area contributed by atoms with Crippen molar-refractivity contribution in [3.05, 3.63) is 58.9 Å². The lowest BCUT2D eigenvalue weighted by Crippen LogP contribution is -2.28. The highest BCUT2D eigenvalue weighted by molar-refractivity contribution is 6.06. The predicted molar refractivity (Wildman–Crippen MR) is 104 cm³/mol. The summed E-state index contributed by atoms with van der Waals surface area (Å²) in [6.45, 7) is 5.35. The van der Waals surface area contributed by atoms with Gasteiger partial charge in [0.25, 0.3) is 11.8 Å². The first-order valence-corrected chi connectivity index (χ1v) is 8.65. The molecule has 0 aliphatic rings. The van der Waals surface area contributed by atoms with Crippen molar-refractivity contribution in [3.63, 3.8) is 0 Å². The lowest BCUT2D eigenvalue weighted by Gasteiger charge is -2.12. The van der Waals surface area contributed by atoms with Gasteiger partial charge in [-0.05, 0) is 64.2 Å². The second-order valence-corrected chi connectivity index (χ2v) is 6.56. The van der Waals surface area contributed by atoms with Crippen LogP contribution in [0.5, 0.6) is 0 Å². The van der Waals surface area contributed by atoms with Crippen molar-refractivity contribution in [1.29, 1.82) is 0 Å². The zero-order valence-electron chi connectivity index (χ0n) is 15.8. The highest BCUT2D eigenvalue weighted by atomic mass is 16.2. The number of rotatable bonds is 7. The minimum atomic E-state index is -0.273. The number of anilines is 1. The number of para-hydroxylation sites is 1.